The summed E-state index contributed by atoms with van der Waals surface area (Å²) in [6.07, 6.45) is 5.35. The lowest BCUT2D eigenvalue weighted by atomic mass is 10.3. The van der Waals surface area contributed by atoms with E-state index in [-0.39, 0.29) is 5.88 Å². The molecule has 2 aromatic heterocycles. The average molecular weight is 343 g/mol. The first-order valence-electron chi connectivity index (χ1n) is 7.97. The molecule has 8 heteroatoms. The summed E-state index contributed by atoms with van der Waals surface area (Å²) in [5.74, 6) is 0.629. The first-order valence-corrected chi connectivity index (χ1v) is 7.97. The third-order valence-electron chi connectivity index (χ3n) is 3.71. The highest BCUT2D eigenvalue weighted by Crippen LogP contribution is 2.25. The van der Waals surface area contributed by atoms with Crippen LogP contribution in [0.3, 0.4) is 0 Å². The van der Waals surface area contributed by atoms with Gasteiger partial charge in [-0.15, -0.1) is 0 Å². The standard InChI is InChI=1S/C17H21N5O3/c1-24-8-6-19-17-21-14(16(23)22(17)7-9-25-2)11-13-10-12-4-3-5-18-15(12)20-13/h3-5,10-11,23H,6-9H2,1-2H3,(H,19,21)/b13-11-. The minimum Gasteiger partial charge on any atom is -0.493 e. The fourth-order valence-corrected chi connectivity index (χ4v) is 2.50. The molecule has 0 fully saturated rings. The van der Waals surface area contributed by atoms with Gasteiger partial charge in [0.2, 0.25) is 11.8 Å². The minimum atomic E-state index is 0.0667. The van der Waals surface area contributed by atoms with Crippen molar-refractivity contribution >= 4 is 18.1 Å². The number of allylic oxidation sites excluding steroid dienone is 1. The molecule has 1 aliphatic rings. The Labute approximate surface area is 145 Å². The number of hydrogen-bond acceptors (Lipinski definition) is 7. The fraction of sp³-hybridized carbons (Fsp3) is 0.353. The molecule has 25 heavy (non-hydrogen) atoms. The molecule has 0 aromatic carbocycles. The van der Waals surface area contributed by atoms with E-state index in [4.69, 9.17) is 9.47 Å². The van der Waals surface area contributed by atoms with E-state index in [1.54, 1.807) is 31.1 Å². The second-order valence-corrected chi connectivity index (χ2v) is 5.45. The van der Waals surface area contributed by atoms with Crippen LogP contribution in [0.4, 0.5) is 5.95 Å². The van der Waals surface area contributed by atoms with Gasteiger partial charge in [-0.05, 0) is 24.3 Å². The van der Waals surface area contributed by atoms with Gasteiger partial charge in [0.15, 0.2) is 5.49 Å². The maximum atomic E-state index is 10.5. The summed E-state index contributed by atoms with van der Waals surface area (Å²) in [6, 6.07) is 3.81. The van der Waals surface area contributed by atoms with Crippen LogP contribution in [0, 0.1) is 0 Å². The van der Waals surface area contributed by atoms with E-state index in [0.717, 1.165) is 5.22 Å². The molecule has 0 bridgehead atoms. The summed E-state index contributed by atoms with van der Waals surface area (Å²) in [7, 11) is 3.25. The Morgan fingerprint density at radius 3 is 2.88 bits per heavy atom. The molecule has 0 spiro atoms. The Morgan fingerprint density at radius 2 is 2.12 bits per heavy atom. The van der Waals surface area contributed by atoms with Crippen LogP contribution in [0.15, 0.2) is 29.0 Å². The van der Waals surface area contributed by atoms with Crippen molar-refractivity contribution in [1.29, 1.82) is 0 Å². The van der Waals surface area contributed by atoms with Gasteiger partial charge in [0.1, 0.15) is 5.69 Å². The molecule has 2 N–H and O–H groups in total. The van der Waals surface area contributed by atoms with Gasteiger partial charge in [-0.3, -0.25) is 4.57 Å². The van der Waals surface area contributed by atoms with Gasteiger partial charge < -0.3 is 19.9 Å². The first-order chi connectivity index (χ1) is 12.2. The van der Waals surface area contributed by atoms with Crippen LogP contribution in [-0.4, -0.2) is 53.6 Å². The van der Waals surface area contributed by atoms with Crippen molar-refractivity contribution in [2.75, 3.05) is 39.3 Å². The fourth-order valence-electron chi connectivity index (χ4n) is 2.50. The summed E-state index contributed by atoms with van der Waals surface area (Å²) in [5, 5.41) is 14.6. The molecule has 2 aromatic rings. The topological polar surface area (TPSA) is 93.8 Å². The highest BCUT2D eigenvalue weighted by atomic mass is 16.5. The highest BCUT2D eigenvalue weighted by Gasteiger charge is 2.15. The van der Waals surface area contributed by atoms with E-state index in [0.29, 0.717) is 49.1 Å². The summed E-state index contributed by atoms with van der Waals surface area (Å²) < 4.78 is 11.8. The maximum absolute atomic E-state index is 10.5. The van der Waals surface area contributed by atoms with Crippen LogP contribution in [0.5, 0.6) is 5.88 Å². The monoisotopic (exact) mass is 343 g/mol. The van der Waals surface area contributed by atoms with E-state index in [2.05, 4.69) is 20.3 Å². The normalized spacial score (nSPS) is 14.2. The molecular weight excluding hydrogens is 322 g/mol. The van der Waals surface area contributed by atoms with Crippen LogP contribution in [0.1, 0.15) is 5.69 Å². The van der Waals surface area contributed by atoms with E-state index in [9.17, 15) is 5.11 Å². The number of aromatic nitrogens is 3. The average Bonchev–Trinajstić information content (AvgIpc) is 3.15. The van der Waals surface area contributed by atoms with Gasteiger partial charge >= 0.3 is 0 Å². The van der Waals surface area contributed by atoms with Gasteiger partial charge in [-0.1, -0.05) is 0 Å². The van der Waals surface area contributed by atoms with Gasteiger partial charge in [0.05, 0.1) is 25.5 Å². The number of nitrogens with one attached hydrogen (secondary N) is 1. The lowest BCUT2D eigenvalue weighted by Gasteiger charge is -2.09. The van der Waals surface area contributed by atoms with Gasteiger partial charge in [0, 0.05) is 32.2 Å². The summed E-state index contributed by atoms with van der Waals surface area (Å²) in [5.41, 5.74) is 1.81. The number of aromatic hydroxyl groups is 1. The zero-order chi connectivity index (χ0) is 17.6. The summed E-state index contributed by atoms with van der Waals surface area (Å²) in [4.78, 5) is 13.1. The van der Waals surface area contributed by atoms with Gasteiger partial charge in [-0.2, -0.15) is 0 Å². The van der Waals surface area contributed by atoms with Crippen LogP contribution in [-0.2, 0) is 16.0 Å². The molecule has 8 nitrogen and oxygen atoms in total. The van der Waals surface area contributed by atoms with Crippen molar-refractivity contribution in [3.05, 3.63) is 40.4 Å². The quantitative estimate of drug-likeness (QED) is 0.663. The molecule has 0 atom stereocenters. The molecule has 0 amide bonds. The molecule has 0 saturated heterocycles. The second-order valence-electron chi connectivity index (χ2n) is 5.45. The van der Waals surface area contributed by atoms with Gasteiger partial charge in [0.25, 0.3) is 0 Å². The second kappa shape index (κ2) is 7.91. The molecular formula is C17H21N5O3. The number of imidazole rings is 1. The van der Waals surface area contributed by atoms with Crippen molar-refractivity contribution in [2.24, 2.45) is 4.99 Å². The van der Waals surface area contributed by atoms with Crippen LogP contribution in [0.2, 0.25) is 0 Å². The van der Waals surface area contributed by atoms with Crippen LogP contribution >= 0.6 is 0 Å². The Morgan fingerprint density at radius 1 is 1.28 bits per heavy atom. The molecule has 3 heterocycles. The third kappa shape index (κ3) is 3.86. The molecule has 3 rings (SSSR count). The Balaban J connectivity index is 1.91. The lowest BCUT2D eigenvalue weighted by Crippen LogP contribution is -2.23. The summed E-state index contributed by atoms with van der Waals surface area (Å²) in [6.45, 7) is 2.07. The van der Waals surface area contributed by atoms with E-state index in [1.807, 2.05) is 18.2 Å². The third-order valence-corrected chi connectivity index (χ3v) is 3.71. The number of ether oxygens (including phenoxy) is 2. The van der Waals surface area contributed by atoms with Crippen molar-refractivity contribution in [2.45, 2.75) is 6.54 Å². The summed E-state index contributed by atoms with van der Waals surface area (Å²) >= 11 is 0. The van der Waals surface area contributed by atoms with Crippen molar-refractivity contribution < 1.29 is 14.6 Å². The number of pyridine rings is 1. The molecule has 1 aliphatic heterocycles. The van der Waals surface area contributed by atoms with Crippen molar-refractivity contribution in [3.8, 4) is 5.88 Å². The first kappa shape index (κ1) is 17.1. The van der Waals surface area contributed by atoms with E-state index >= 15 is 0 Å². The predicted octanol–water partition coefficient (Wildman–Crippen LogP) is 0.143. The van der Waals surface area contributed by atoms with Crippen molar-refractivity contribution in [1.82, 2.24) is 14.5 Å². The predicted molar refractivity (Wildman–Crippen MR) is 93.6 cm³/mol. The number of methoxy groups -OCH3 is 2. The smallest absolute Gasteiger partial charge is 0.220 e. The Kier molecular flexibility index (Phi) is 5.42. The van der Waals surface area contributed by atoms with Gasteiger partial charge in [-0.25, -0.2) is 15.0 Å². The van der Waals surface area contributed by atoms with E-state index < -0.39 is 0 Å². The minimum absolute atomic E-state index is 0.0667. The van der Waals surface area contributed by atoms with Crippen molar-refractivity contribution in [3.63, 3.8) is 0 Å². The molecule has 0 saturated carbocycles. The van der Waals surface area contributed by atoms with E-state index in [1.165, 1.54) is 0 Å². The number of rotatable bonds is 8. The maximum Gasteiger partial charge on any atom is 0.220 e. The number of fused-ring (bicyclic) bond motifs is 1. The molecule has 132 valence electrons. The molecule has 0 radical (unpaired) electrons. The number of anilines is 1. The molecule has 0 unspecified atom stereocenters. The lowest BCUT2D eigenvalue weighted by molar-refractivity contribution is 0.184. The zero-order valence-corrected chi connectivity index (χ0v) is 14.3. The van der Waals surface area contributed by atoms with Crippen LogP contribution < -0.4 is 16.0 Å². The zero-order valence-electron chi connectivity index (χ0n) is 14.3. The highest BCUT2D eigenvalue weighted by molar-refractivity contribution is 5.67. The van der Waals surface area contributed by atoms with Crippen LogP contribution in [0.25, 0.3) is 12.2 Å². The Hall–Kier alpha value is -2.71. The molecule has 0 aliphatic carbocycles. The Bertz CT molecular complexity index is 851. The SMILES string of the molecule is COCCNc1nc(/C=C2/C=c3cccnc3=N2)c(O)n1CCOC. The largest absolute Gasteiger partial charge is 0.493 e. The number of nitrogens with zero attached hydrogens (tertiary/aromatic N) is 4. The number of hydrogen-bond donors (Lipinski definition) is 2.